The summed E-state index contributed by atoms with van der Waals surface area (Å²) >= 11 is 0. The van der Waals surface area contributed by atoms with E-state index in [1.807, 2.05) is 12.2 Å². The summed E-state index contributed by atoms with van der Waals surface area (Å²) in [6.07, 6.45) is 6.84. The number of hydrogen-bond acceptors (Lipinski definition) is 2. The van der Waals surface area contributed by atoms with Crippen LogP contribution in [0.3, 0.4) is 0 Å². The largest absolute Gasteiger partial charge is 0.481 e. The number of hydrogen-bond donors (Lipinski definition) is 2. The summed E-state index contributed by atoms with van der Waals surface area (Å²) in [6, 6.07) is 0.304. The van der Waals surface area contributed by atoms with Crippen molar-refractivity contribution in [2.45, 2.75) is 31.7 Å². The molecule has 15 heavy (non-hydrogen) atoms. The molecule has 0 aliphatic heterocycles. The van der Waals surface area contributed by atoms with E-state index in [0.29, 0.717) is 18.9 Å². The van der Waals surface area contributed by atoms with Crippen LogP contribution < -0.4 is 5.32 Å². The number of carboxylic acid groups (broad SMARTS) is 1. The Morgan fingerprint density at radius 1 is 1.13 bits per heavy atom. The molecule has 4 nitrogen and oxygen atoms in total. The molecule has 0 aromatic carbocycles. The lowest BCUT2D eigenvalue weighted by atomic mass is 9.82. The Morgan fingerprint density at radius 2 is 1.73 bits per heavy atom. The van der Waals surface area contributed by atoms with Crippen molar-refractivity contribution in [3.8, 4) is 0 Å². The van der Waals surface area contributed by atoms with Gasteiger partial charge in [0.05, 0.1) is 11.8 Å². The second-order valence-electron chi connectivity index (χ2n) is 4.28. The normalized spacial score (nSPS) is 29.9. The Bertz CT molecular complexity index is 307. The van der Waals surface area contributed by atoms with Gasteiger partial charge in [-0.15, -0.1) is 0 Å². The van der Waals surface area contributed by atoms with E-state index in [9.17, 15) is 9.59 Å². The van der Waals surface area contributed by atoms with Gasteiger partial charge < -0.3 is 10.4 Å². The van der Waals surface area contributed by atoms with Crippen LogP contribution in [0.15, 0.2) is 12.2 Å². The zero-order chi connectivity index (χ0) is 10.8. The van der Waals surface area contributed by atoms with Gasteiger partial charge in [-0.05, 0) is 25.7 Å². The Labute approximate surface area is 88.4 Å². The minimum Gasteiger partial charge on any atom is -0.481 e. The highest BCUT2D eigenvalue weighted by molar-refractivity contribution is 5.85. The lowest BCUT2D eigenvalue weighted by Gasteiger charge is -2.24. The molecule has 2 aliphatic carbocycles. The molecule has 4 heteroatoms. The second kappa shape index (κ2) is 4.04. The summed E-state index contributed by atoms with van der Waals surface area (Å²) in [5, 5.41) is 11.9. The first kappa shape index (κ1) is 10.2. The zero-order valence-corrected chi connectivity index (χ0v) is 8.48. The highest BCUT2D eigenvalue weighted by Gasteiger charge is 2.36. The topological polar surface area (TPSA) is 66.4 Å². The first-order valence-corrected chi connectivity index (χ1v) is 5.36. The minimum atomic E-state index is -0.865. The van der Waals surface area contributed by atoms with E-state index in [4.69, 9.17) is 5.11 Å². The summed E-state index contributed by atoms with van der Waals surface area (Å²) in [5.74, 6) is -1.88. The van der Waals surface area contributed by atoms with Gasteiger partial charge in [-0.3, -0.25) is 9.59 Å². The van der Waals surface area contributed by atoms with Gasteiger partial charge in [0.15, 0.2) is 0 Å². The molecule has 0 saturated heterocycles. The zero-order valence-electron chi connectivity index (χ0n) is 8.48. The summed E-state index contributed by atoms with van der Waals surface area (Å²) in [7, 11) is 0. The number of allylic oxidation sites excluding steroid dienone is 2. The van der Waals surface area contributed by atoms with Gasteiger partial charge in [-0.25, -0.2) is 0 Å². The maximum atomic E-state index is 11.8. The summed E-state index contributed by atoms with van der Waals surface area (Å²) < 4.78 is 0. The monoisotopic (exact) mass is 209 g/mol. The van der Waals surface area contributed by atoms with Gasteiger partial charge in [0.25, 0.3) is 0 Å². The quantitative estimate of drug-likeness (QED) is 0.679. The molecule has 0 aromatic heterocycles. The van der Waals surface area contributed by atoms with Crippen LogP contribution in [0.2, 0.25) is 0 Å². The van der Waals surface area contributed by atoms with Gasteiger partial charge in [-0.1, -0.05) is 12.2 Å². The molecule has 0 aromatic rings. The molecule has 2 aliphatic rings. The van der Waals surface area contributed by atoms with Crippen LogP contribution in [0.5, 0.6) is 0 Å². The summed E-state index contributed by atoms with van der Waals surface area (Å²) in [4.78, 5) is 22.7. The molecule has 82 valence electrons. The van der Waals surface area contributed by atoms with Crippen LogP contribution >= 0.6 is 0 Å². The van der Waals surface area contributed by atoms with Gasteiger partial charge in [-0.2, -0.15) is 0 Å². The Balaban J connectivity index is 2.00. The fraction of sp³-hybridized carbons (Fsp3) is 0.636. The molecule has 1 saturated carbocycles. The third-order valence-corrected chi connectivity index (χ3v) is 3.01. The van der Waals surface area contributed by atoms with E-state index < -0.39 is 11.9 Å². The number of nitrogens with one attached hydrogen (secondary N) is 1. The van der Waals surface area contributed by atoms with E-state index in [0.717, 1.165) is 12.8 Å². The molecule has 2 atom stereocenters. The van der Waals surface area contributed by atoms with E-state index in [-0.39, 0.29) is 11.8 Å². The van der Waals surface area contributed by atoms with Crippen LogP contribution in [0.25, 0.3) is 0 Å². The van der Waals surface area contributed by atoms with Crippen molar-refractivity contribution < 1.29 is 14.7 Å². The molecule has 0 bridgehead atoms. The van der Waals surface area contributed by atoms with Crippen LogP contribution in [-0.4, -0.2) is 23.0 Å². The second-order valence-corrected chi connectivity index (χ2v) is 4.28. The fourth-order valence-corrected chi connectivity index (χ4v) is 1.91. The molecule has 2 N–H and O–H groups in total. The molecule has 0 spiro atoms. The number of amides is 1. The third kappa shape index (κ3) is 2.37. The fourth-order valence-electron chi connectivity index (χ4n) is 1.91. The predicted octanol–water partition coefficient (Wildman–Crippen LogP) is 0.932. The Kier molecular flexibility index (Phi) is 2.75. The van der Waals surface area contributed by atoms with E-state index in [1.54, 1.807) is 0 Å². The summed E-state index contributed by atoms with van der Waals surface area (Å²) in [5.41, 5.74) is 0. The van der Waals surface area contributed by atoms with E-state index >= 15 is 0 Å². The average Bonchev–Trinajstić information content (AvgIpc) is 3.01. The van der Waals surface area contributed by atoms with E-state index in [1.165, 1.54) is 0 Å². The maximum Gasteiger partial charge on any atom is 0.307 e. The molecule has 2 rings (SSSR count). The predicted molar refractivity (Wildman–Crippen MR) is 54.2 cm³/mol. The Hall–Kier alpha value is -1.32. The number of aliphatic carboxylic acids is 1. The standard InChI is InChI=1S/C11H15NO3/c13-10(12-7-5-6-7)8-3-1-2-4-9(8)11(14)15/h1-2,7-9H,3-6H2,(H,12,13)(H,14,15)/t8-,9+/m1/s1. The van der Waals surface area contributed by atoms with Crippen molar-refractivity contribution in [1.82, 2.24) is 5.32 Å². The lowest BCUT2D eigenvalue weighted by Crippen LogP contribution is -2.39. The molecule has 1 amide bonds. The van der Waals surface area contributed by atoms with Crippen molar-refractivity contribution in [2.75, 3.05) is 0 Å². The highest BCUT2D eigenvalue weighted by atomic mass is 16.4. The van der Waals surface area contributed by atoms with Gasteiger partial charge >= 0.3 is 5.97 Å². The third-order valence-electron chi connectivity index (χ3n) is 3.01. The van der Waals surface area contributed by atoms with Crippen LogP contribution in [0.4, 0.5) is 0 Å². The molecule has 0 heterocycles. The smallest absolute Gasteiger partial charge is 0.307 e. The van der Waals surface area contributed by atoms with Crippen molar-refractivity contribution in [3.63, 3.8) is 0 Å². The molecular formula is C11H15NO3. The number of carboxylic acids is 1. The SMILES string of the molecule is O=C(O)[C@H]1CC=CC[C@H]1C(=O)NC1CC1. The lowest BCUT2D eigenvalue weighted by molar-refractivity contribution is -0.147. The van der Waals surface area contributed by atoms with E-state index in [2.05, 4.69) is 5.32 Å². The van der Waals surface area contributed by atoms with Crippen molar-refractivity contribution in [1.29, 1.82) is 0 Å². The molecule has 0 radical (unpaired) electrons. The van der Waals surface area contributed by atoms with Crippen LogP contribution in [0, 0.1) is 11.8 Å². The minimum absolute atomic E-state index is 0.0887. The first-order valence-electron chi connectivity index (χ1n) is 5.36. The van der Waals surface area contributed by atoms with Gasteiger partial charge in [0.1, 0.15) is 0 Å². The number of carbonyl (C=O) groups is 2. The molecular weight excluding hydrogens is 194 g/mol. The average molecular weight is 209 g/mol. The summed E-state index contributed by atoms with van der Waals surface area (Å²) in [6.45, 7) is 0. The number of carbonyl (C=O) groups excluding carboxylic acids is 1. The van der Waals surface area contributed by atoms with Gasteiger partial charge in [0, 0.05) is 6.04 Å². The maximum absolute atomic E-state index is 11.8. The molecule has 1 fully saturated rings. The first-order chi connectivity index (χ1) is 7.18. The van der Waals surface area contributed by atoms with Crippen molar-refractivity contribution in [2.24, 2.45) is 11.8 Å². The van der Waals surface area contributed by atoms with Crippen molar-refractivity contribution >= 4 is 11.9 Å². The highest BCUT2D eigenvalue weighted by Crippen LogP contribution is 2.27. The van der Waals surface area contributed by atoms with Gasteiger partial charge in [0.2, 0.25) is 5.91 Å². The van der Waals surface area contributed by atoms with Crippen LogP contribution in [0.1, 0.15) is 25.7 Å². The Morgan fingerprint density at radius 3 is 2.27 bits per heavy atom. The molecule has 0 unspecified atom stereocenters. The number of rotatable bonds is 3. The van der Waals surface area contributed by atoms with Crippen LogP contribution in [-0.2, 0) is 9.59 Å². The van der Waals surface area contributed by atoms with Crippen molar-refractivity contribution in [3.05, 3.63) is 12.2 Å².